The Morgan fingerprint density at radius 1 is 1.10 bits per heavy atom. The second-order valence-electron chi connectivity index (χ2n) is 4.55. The Balaban J connectivity index is 2.13. The Hall–Kier alpha value is -2.02. The van der Waals surface area contributed by atoms with E-state index in [4.69, 9.17) is 5.73 Å². The molecule has 0 amide bonds. The van der Waals surface area contributed by atoms with Gasteiger partial charge >= 0.3 is 6.18 Å². The number of fused-ring (bicyclic) bond motifs is 1. The lowest BCUT2D eigenvalue weighted by Gasteiger charge is -2.05. The van der Waals surface area contributed by atoms with Crippen LogP contribution in [-0.2, 0) is 6.18 Å². The summed E-state index contributed by atoms with van der Waals surface area (Å²) in [5.74, 6) is 0.439. The molecule has 1 aromatic heterocycles. The molecule has 0 aliphatic rings. The first-order valence-corrected chi connectivity index (χ1v) is 6.76. The van der Waals surface area contributed by atoms with Gasteiger partial charge in [-0.25, -0.2) is 4.98 Å². The lowest BCUT2D eigenvalue weighted by Crippen LogP contribution is -2.04. The second kappa shape index (κ2) is 4.77. The van der Waals surface area contributed by atoms with Gasteiger partial charge in [0.2, 0.25) is 0 Å². The minimum absolute atomic E-state index is 0.321. The first-order valence-electron chi connectivity index (χ1n) is 5.97. The summed E-state index contributed by atoms with van der Waals surface area (Å²) in [4.78, 5) is 7.16. The first-order chi connectivity index (χ1) is 9.84. The van der Waals surface area contributed by atoms with Crippen LogP contribution < -0.4 is 5.73 Å². The van der Waals surface area contributed by atoms with Gasteiger partial charge in [0.25, 0.3) is 0 Å². The highest BCUT2D eigenvalue weighted by Gasteiger charge is 2.30. The SMILES string of the molecule is Nc1cc(Br)ccc1-c1nc2ccc(C(F)(F)F)cc2[nH]1. The van der Waals surface area contributed by atoms with Crippen molar-refractivity contribution in [2.24, 2.45) is 0 Å². The number of benzene rings is 2. The highest BCUT2D eigenvalue weighted by atomic mass is 79.9. The standard InChI is InChI=1S/C14H9BrF3N3/c15-8-2-3-9(10(19)6-8)13-20-11-4-1-7(14(16,17)18)5-12(11)21-13/h1-6H,19H2,(H,20,21). The molecule has 3 N–H and O–H groups in total. The van der Waals surface area contributed by atoms with Crippen LogP contribution >= 0.6 is 15.9 Å². The van der Waals surface area contributed by atoms with Crippen LogP contribution in [0.5, 0.6) is 0 Å². The molecule has 0 spiro atoms. The van der Waals surface area contributed by atoms with Crippen LogP contribution in [0.3, 0.4) is 0 Å². The summed E-state index contributed by atoms with van der Waals surface area (Å²) in [6.07, 6.45) is -4.38. The predicted molar refractivity (Wildman–Crippen MR) is 78.6 cm³/mol. The molecule has 0 saturated heterocycles. The molecular weight excluding hydrogens is 347 g/mol. The van der Waals surface area contributed by atoms with Crippen molar-refractivity contribution in [2.75, 3.05) is 5.73 Å². The highest BCUT2D eigenvalue weighted by molar-refractivity contribution is 9.10. The average molecular weight is 356 g/mol. The van der Waals surface area contributed by atoms with Crippen LogP contribution in [0.25, 0.3) is 22.4 Å². The number of H-pyrrole nitrogens is 1. The van der Waals surface area contributed by atoms with Crippen LogP contribution in [0, 0.1) is 0 Å². The monoisotopic (exact) mass is 355 g/mol. The zero-order valence-corrected chi connectivity index (χ0v) is 12.1. The molecule has 2 aromatic carbocycles. The summed E-state index contributed by atoms with van der Waals surface area (Å²) in [5, 5.41) is 0. The van der Waals surface area contributed by atoms with Gasteiger partial charge in [-0.1, -0.05) is 15.9 Å². The summed E-state index contributed by atoms with van der Waals surface area (Å²) in [6.45, 7) is 0. The molecule has 108 valence electrons. The molecule has 3 aromatic rings. The van der Waals surface area contributed by atoms with E-state index in [9.17, 15) is 13.2 Å². The number of alkyl halides is 3. The third-order valence-corrected chi connectivity index (χ3v) is 3.57. The molecule has 0 unspecified atom stereocenters. The molecule has 1 heterocycles. The zero-order valence-electron chi connectivity index (χ0n) is 10.5. The molecule has 0 aliphatic heterocycles. The van der Waals surface area contributed by atoms with Crippen molar-refractivity contribution in [1.82, 2.24) is 9.97 Å². The zero-order chi connectivity index (χ0) is 15.2. The Morgan fingerprint density at radius 2 is 1.86 bits per heavy atom. The van der Waals surface area contributed by atoms with Crippen LogP contribution in [0.4, 0.5) is 18.9 Å². The number of aromatic amines is 1. The molecule has 0 atom stereocenters. The van der Waals surface area contributed by atoms with Gasteiger partial charge in [-0.3, -0.25) is 0 Å². The summed E-state index contributed by atoms with van der Waals surface area (Å²) in [5.41, 5.74) is 7.10. The normalized spacial score (nSPS) is 12.0. The van der Waals surface area contributed by atoms with E-state index in [1.165, 1.54) is 6.07 Å². The Kier molecular flexibility index (Phi) is 3.16. The lowest BCUT2D eigenvalue weighted by molar-refractivity contribution is -0.137. The molecule has 0 bridgehead atoms. The first kappa shape index (κ1) is 13.9. The number of nitrogens with one attached hydrogen (secondary N) is 1. The van der Waals surface area contributed by atoms with E-state index in [2.05, 4.69) is 25.9 Å². The maximum atomic E-state index is 12.7. The van der Waals surface area contributed by atoms with Crippen molar-refractivity contribution < 1.29 is 13.2 Å². The average Bonchev–Trinajstić information content (AvgIpc) is 2.79. The number of anilines is 1. The van der Waals surface area contributed by atoms with E-state index in [0.717, 1.165) is 16.6 Å². The largest absolute Gasteiger partial charge is 0.416 e. The van der Waals surface area contributed by atoms with Gasteiger partial charge in [0, 0.05) is 15.7 Å². The summed E-state index contributed by atoms with van der Waals surface area (Å²) in [6, 6.07) is 8.65. The van der Waals surface area contributed by atoms with Crippen LogP contribution in [0.2, 0.25) is 0 Å². The summed E-state index contributed by atoms with van der Waals surface area (Å²) >= 11 is 3.30. The van der Waals surface area contributed by atoms with Gasteiger partial charge in [-0.2, -0.15) is 13.2 Å². The molecular formula is C14H9BrF3N3. The maximum Gasteiger partial charge on any atom is 0.416 e. The van der Waals surface area contributed by atoms with Crippen LogP contribution in [0.1, 0.15) is 5.56 Å². The number of halogens is 4. The summed E-state index contributed by atoms with van der Waals surface area (Å²) < 4.78 is 38.9. The quantitative estimate of drug-likeness (QED) is 0.627. The van der Waals surface area contributed by atoms with Crippen LogP contribution in [0.15, 0.2) is 40.9 Å². The van der Waals surface area contributed by atoms with Crippen molar-refractivity contribution in [3.8, 4) is 11.4 Å². The van der Waals surface area contributed by atoms with Gasteiger partial charge in [-0.05, 0) is 36.4 Å². The van der Waals surface area contributed by atoms with Gasteiger partial charge in [0.05, 0.1) is 16.6 Å². The number of imidazole rings is 1. The number of nitrogens with zero attached hydrogens (tertiary/aromatic N) is 1. The molecule has 3 rings (SSSR count). The third-order valence-electron chi connectivity index (χ3n) is 3.08. The topological polar surface area (TPSA) is 54.7 Å². The number of hydrogen-bond acceptors (Lipinski definition) is 2. The van der Waals surface area contributed by atoms with E-state index in [0.29, 0.717) is 28.1 Å². The van der Waals surface area contributed by atoms with Crippen molar-refractivity contribution in [3.63, 3.8) is 0 Å². The predicted octanol–water partition coefficient (Wildman–Crippen LogP) is 4.59. The van der Waals surface area contributed by atoms with E-state index in [1.54, 1.807) is 18.2 Å². The van der Waals surface area contributed by atoms with Gasteiger partial charge < -0.3 is 10.7 Å². The fourth-order valence-electron chi connectivity index (χ4n) is 2.06. The maximum absolute atomic E-state index is 12.7. The van der Waals surface area contributed by atoms with E-state index in [1.807, 2.05) is 0 Å². The number of aromatic nitrogens is 2. The van der Waals surface area contributed by atoms with E-state index < -0.39 is 11.7 Å². The fraction of sp³-hybridized carbons (Fsp3) is 0.0714. The van der Waals surface area contributed by atoms with Crippen molar-refractivity contribution in [3.05, 3.63) is 46.4 Å². The number of nitrogens with two attached hydrogens (primary N) is 1. The molecule has 0 radical (unpaired) electrons. The number of rotatable bonds is 1. The summed E-state index contributed by atoms with van der Waals surface area (Å²) in [7, 11) is 0. The van der Waals surface area contributed by atoms with Crippen LogP contribution in [-0.4, -0.2) is 9.97 Å². The Labute approximate surface area is 126 Å². The fourth-order valence-corrected chi connectivity index (χ4v) is 2.44. The smallest absolute Gasteiger partial charge is 0.398 e. The minimum Gasteiger partial charge on any atom is -0.398 e. The van der Waals surface area contributed by atoms with Gasteiger partial charge in [0.15, 0.2) is 0 Å². The van der Waals surface area contributed by atoms with Gasteiger partial charge in [0.1, 0.15) is 5.82 Å². The van der Waals surface area contributed by atoms with Crippen molar-refractivity contribution in [2.45, 2.75) is 6.18 Å². The minimum atomic E-state index is -4.38. The molecule has 0 fully saturated rings. The van der Waals surface area contributed by atoms with Crippen molar-refractivity contribution >= 4 is 32.7 Å². The number of hydrogen-bond donors (Lipinski definition) is 2. The Morgan fingerprint density at radius 3 is 2.52 bits per heavy atom. The van der Waals surface area contributed by atoms with E-state index in [-0.39, 0.29) is 0 Å². The molecule has 0 saturated carbocycles. The molecule has 3 nitrogen and oxygen atoms in total. The second-order valence-corrected chi connectivity index (χ2v) is 5.46. The molecule has 0 aliphatic carbocycles. The highest BCUT2D eigenvalue weighted by Crippen LogP contribution is 2.33. The number of nitrogen functional groups attached to an aromatic ring is 1. The van der Waals surface area contributed by atoms with E-state index >= 15 is 0 Å². The van der Waals surface area contributed by atoms with Gasteiger partial charge in [-0.15, -0.1) is 0 Å². The van der Waals surface area contributed by atoms with Crippen molar-refractivity contribution in [1.29, 1.82) is 0 Å². The molecule has 21 heavy (non-hydrogen) atoms. The molecule has 7 heteroatoms. The lowest BCUT2D eigenvalue weighted by atomic mass is 10.2. The Bertz CT molecular complexity index is 824. The third kappa shape index (κ3) is 2.61.